The molecule has 1 heterocycles. The summed E-state index contributed by atoms with van der Waals surface area (Å²) < 4.78 is 5.26. The zero-order valence-corrected chi connectivity index (χ0v) is 11.4. The molecule has 2 atom stereocenters. The maximum Gasteiger partial charge on any atom is 0.256 e. The average Bonchev–Trinajstić information content (AvgIpc) is 2.63. The summed E-state index contributed by atoms with van der Waals surface area (Å²) in [5.41, 5.74) is 5.53. The lowest BCUT2D eigenvalue weighted by Crippen LogP contribution is -2.52. The number of hydrogen-bond donors (Lipinski definition) is 2. The molecule has 0 aliphatic carbocycles. The van der Waals surface area contributed by atoms with E-state index in [0.29, 0.717) is 11.6 Å². The van der Waals surface area contributed by atoms with Gasteiger partial charge in [0.1, 0.15) is 6.26 Å². The van der Waals surface area contributed by atoms with Gasteiger partial charge in [-0.25, -0.2) is 4.98 Å². The molecule has 0 aromatic carbocycles. The van der Waals surface area contributed by atoms with Crippen LogP contribution in [0.4, 0.5) is 0 Å². The lowest BCUT2D eigenvalue weighted by Gasteiger charge is -2.27. The molecule has 1 rings (SSSR count). The summed E-state index contributed by atoms with van der Waals surface area (Å²) in [4.78, 5) is 15.6. The van der Waals surface area contributed by atoms with Crippen LogP contribution in [0, 0.1) is 6.92 Å². The highest BCUT2D eigenvalue weighted by molar-refractivity contribution is 7.99. The van der Waals surface area contributed by atoms with Crippen LogP contribution < -0.4 is 11.1 Å². The fraction of sp³-hybridized carbons (Fsp3) is 0.636. The Morgan fingerprint density at radius 2 is 2.41 bits per heavy atom. The molecule has 2 unspecified atom stereocenters. The first-order chi connectivity index (χ1) is 7.87. The summed E-state index contributed by atoms with van der Waals surface area (Å²) in [5.74, 6) is -0.351. The van der Waals surface area contributed by atoms with E-state index in [0.717, 1.165) is 5.69 Å². The molecule has 5 nitrogen and oxygen atoms in total. The number of primary amides is 1. The van der Waals surface area contributed by atoms with Gasteiger partial charge in [0.15, 0.2) is 0 Å². The second kappa shape index (κ2) is 5.55. The number of hydrogen-bond acceptors (Lipinski definition) is 5. The molecule has 17 heavy (non-hydrogen) atoms. The van der Waals surface area contributed by atoms with Gasteiger partial charge in [-0.05, 0) is 27.3 Å². The number of rotatable bonds is 6. The van der Waals surface area contributed by atoms with E-state index >= 15 is 0 Å². The molecule has 1 amide bonds. The maximum absolute atomic E-state index is 11.4. The van der Waals surface area contributed by atoms with E-state index in [4.69, 9.17) is 10.2 Å². The Balaban J connectivity index is 2.59. The van der Waals surface area contributed by atoms with Crippen molar-refractivity contribution in [3.8, 4) is 0 Å². The van der Waals surface area contributed by atoms with Crippen LogP contribution in [0.1, 0.15) is 26.0 Å². The zero-order valence-electron chi connectivity index (χ0n) is 10.6. The predicted molar refractivity (Wildman–Crippen MR) is 67.8 cm³/mol. The van der Waals surface area contributed by atoms with Crippen LogP contribution >= 0.6 is 11.8 Å². The number of aryl methyl sites for hydroxylation is 1. The summed E-state index contributed by atoms with van der Waals surface area (Å²) in [7, 11) is 1.73. The topological polar surface area (TPSA) is 81.2 Å². The summed E-state index contributed by atoms with van der Waals surface area (Å²) >= 11 is 1.50. The third-order valence-corrected chi connectivity index (χ3v) is 3.65. The molecule has 0 radical (unpaired) electrons. The fourth-order valence-electron chi connectivity index (χ4n) is 1.50. The van der Waals surface area contributed by atoms with Crippen LogP contribution in [0.3, 0.4) is 0 Å². The monoisotopic (exact) mass is 257 g/mol. The second-order valence-corrected chi connectivity index (χ2v) is 5.72. The van der Waals surface area contributed by atoms with Gasteiger partial charge in [-0.2, -0.15) is 0 Å². The van der Waals surface area contributed by atoms with Crippen LogP contribution in [0.15, 0.2) is 15.9 Å². The number of amides is 1. The van der Waals surface area contributed by atoms with Crippen molar-refractivity contribution >= 4 is 17.7 Å². The minimum absolute atomic E-state index is 0.179. The van der Waals surface area contributed by atoms with Crippen LogP contribution in [-0.2, 0) is 4.79 Å². The molecule has 1 aromatic rings. The van der Waals surface area contributed by atoms with Gasteiger partial charge in [-0.15, -0.1) is 0 Å². The molecule has 0 aliphatic heterocycles. The number of carbonyl (C=O) groups is 1. The molecule has 6 heteroatoms. The molecule has 0 aliphatic rings. The number of aromatic nitrogens is 1. The van der Waals surface area contributed by atoms with Crippen molar-refractivity contribution in [2.45, 2.75) is 43.2 Å². The van der Waals surface area contributed by atoms with E-state index in [1.807, 2.05) is 13.8 Å². The van der Waals surface area contributed by atoms with Gasteiger partial charge in [0.05, 0.1) is 11.2 Å². The highest BCUT2D eigenvalue weighted by Crippen LogP contribution is 2.27. The van der Waals surface area contributed by atoms with Crippen LogP contribution in [0.25, 0.3) is 0 Å². The van der Waals surface area contributed by atoms with E-state index in [9.17, 15) is 4.79 Å². The number of carbonyl (C=O) groups excluding carboxylic acids is 1. The molecule has 1 aromatic heterocycles. The molecule has 0 spiro atoms. The summed E-state index contributed by atoms with van der Waals surface area (Å²) in [6, 6.07) is 0. The van der Waals surface area contributed by atoms with Gasteiger partial charge in [0.25, 0.3) is 5.22 Å². The first-order valence-corrected chi connectivity index (χ1v) is 6.33. The van der Waals surface area contributed by atoms with Crippen molar-refractivity contribution in [1.82, 2.24) is 10.3 Å². The minimum atomic E-state index is -0.700. The highest BCUT2D eigenvalue weighted by Gasteiger charge is 2.31. The first-order valence-electron chi connectivity index (χ1n) is 5.45. The van der Waals surface area contributed by atoms with Crippen LogP contribution in [0.2, 0.25) is 0 Å². The van der Waals surface area contributed by atoms with Crippen molar-refractivity contribution in [3.05, 3.63) is 12.0 Å². The molecular formula is C11H19N3O2S. The first kappa shape index (κ1) is 14.1. The Morgan fingerprint density at radius 1 is 1.76 bits per heavy atom. The largest absolute Gasteiger partial charge is 0.440 e. The van der Waals surface area contributed by atoms with Gasteiger partial charge in [-0.1, -0.05) is 18.7 Å². The predicted octanol–water partition coefficient (Wildman–Crippen LogP) is 1.32. The standard InChI is InChI=1S/C11H19N3O2S/c1-7-6-16-10(14-7)17-8(2)5-11(3,13-4)9(12)15/h6,8,13H,5H2,1-4H3,(H2,12,15). The van der Waals surface area contributed by atoms with Crippen LogP contribution in [-0.4, -0.2) is 28.7 Å². The van der Waals surface area contributed by atoms with Gasteiger partial charge in [0, 0.05) is 5.25 Å². The Hall–Kier alpha value is -1.01. The number of nitrogens with zero attached hydrogens (tertiary/aromatic N) is 1. The molecule has 3 N–H and O–H groups in total. The Bertz CT molecular complexity index is 394. The van der Waals surface area contributed by atoms with Crippen molar-refractivity contribution in [2.24, 2.45) is 5.73 Å². The second-order valence-electron chi connectivity index (χ2n) is 4.33. The number of nitrogens with two attached hydrogens (primary N) is 1. The minimum Gasteiger partial charge on any atom is -0.440 e. The lowest BCUT2D eigenvalue weighted by molar-refractivity contribution is -0.123. The number of nitrogens with one attached hydrogen (secondary N) is 1. The average molecular weight is 257 g/mol. The molecule has 0 saturated heterocycles. The smallest absolute Gasteiger partial charge is 0.256 e. The van der Waals surface area contributed by atoms with Crippen molar-refractivity contribution in [1.29, 1.82) is 0 Å². The molecule has 96 valence electrons. The van der Waals surface area contributed by atoms with E-state index in [1.54, 1.807) is 20.2 Å². The lowest BCUT2D eigenvalue weighted by atomic mass is 9.95. The van der Waals surface area contributed by atoms with E-state index in [2.05, 4.69) is 10.3 Å². The molecule has 0 saturated carbocycles. The third-order valence-electron chi connectivity index (χ3n) is 2.69. The zero-order chi connectivity index (χ0) is 13.1. The van der Waals surface area contributed by atoms with E-state index in [-0.39, 0.29) is 11.2 Å². The van der Waals surface area contributed by atoms with Gasteiger partial charge in [0.2, 0.25) is 5.91 Å². The summed E-state index contributed by atoms with van der Waals surface area (Å²) in [6.07, 6.45) is 2.23. The van der Waals surface area contributed by atoms with Gasteiger partial charge >= 0.3 is 0 Å². The van der Waals surface area contributed by atoms with Crippen molar-refractivity contribution < 1.29 is 9.21 Å². The molecule has 0 bridgehead atoms. The Labute approximate surface area is 106 Å². The third kappa shape index (κ3) is 3.74. The number of likely N-dealkylation sites (N-methyl/N-ethyl adjacent to an activating group) is 1. The van der Waals surface area contributed by atoms with E-state index < -0.39 is 5.54 Å². The Kier molecular flexibility index (Phi) is 4.59. The Morgan fingerprint density at radius 3 is 2.82 bits per heavy atom. The van der Waals surface area contributed by atoms with Crippen molar-refractivity contribution in [3.63, 3.8) is 0 Å². The summed E-state index contributed by atoms with van der Waals surface area (Å²) in [6.45, 7) is 5.69. The van der Waals surface area contributed by atoms with E-state index in [1.165, 1.54) is 11.8 Å². The quantitative estimate of drug-likeness (QED) is 0.751. The summed E-state index contributed by atoms with van der Waals surface area (Å²) in [5, 5.41) is 3.76. The van der Waals surface area contributed by atoms with Gasteiger partial charge in [-0.3, -0.25) is 4.79 Å². The fourth-order valence-corrected chi connectivity index (χ4v) is 2.56. The van der Waals surface area contributed by atoms with Crippen molar-refractivity contribution in [2.75, 3.05) is 7.05 Å². The maximum atomic E-state index is 11.4. The molecule has 0 fully saturated rings. The number of thioether (sulfide) groups is 1. The molecular weight excluding hydrogens is 238 g/mol. The highest BCUT2D eigenvalue weighted by atomic mass is 32.2. The SMILES string of the molecule is CNC(C)(CC(C)Sc1nc(C)co1)C(N)=O. The van der Waals surface area contributed by atoms with Gasteiger partial charge < -0.3 is 15.5 Å². The normalized spacial score (nSPS) is 16.5. The number of oxazole rings is 1. The van der Waals surface area contributed by atoms with Crippen LogP contribution in [0.5, 0.6) is 0 Å².